The lowest BCUT2D eigenvalue weighted by molar-refractivity contribution is -0.138. The molecule has 7 unspecified atom stereocenters. The van der Waals surface area contributed by atoms with Crippen molar-refractivity contribution < 1.29 is 19.8 Å². The number of allylic oxidation sites excluding steroid dienone is 4. The van der Waals surface area contributed by atoms with Crippen LogP contribution in [-0.2, 0) is 9.59 Å². The Balaban J connectivity index is 0. The van der Waals surface area contributed by atoms with Crippen molar-refractivity contribution in [1.82, 2.24) is 0 Å². The highest BCUT2D eigenvalue weighted by Crippen LogP contribution is 2.65. The quantitative estimate of drug-likeness (QED) is 0.233. The van der Waals surface area contributed by atoms with Crippen LogP contribution in [0.15, 0.2) is 23.8 Å². The van der Waals surface area contributed by atoms with Crippen molar-refractivity contribution in [2.75, 3.05) is 0 Å². The Hall–Kier alpha value is -1.70. The SMILES string of the molecule is C.C#C.CC.CC=CCC1(C)/C(=C\C=O)CCC2C1C(O)CC1(C)C2CC(C)[C@H]1O.CC=O. The predicted molar refractivity (Wildman–Crippen MR) is 140 cm³/mol. The van der Waals surface area contributed by atoms with Crippen LogP contribution < -0.4 is 0 Å². The van der Waals surface area contributed by atoms with E-state index < -0.39 is 6.10 Å². The number of rotatable bonds is 3. The Morgan fingerprint density at radius 1 is 1.12 bits per heavy atom. The second-order valence-corrected chi connectivity index (χ2v) is 9.52. The van der Waals surface area contributed by atoms with Crippen LogP contribution in [0.25, 0.3) is 0 Å². The molecule has 0 aromatic carbocycles. The maximum atomic E-state index is 11.2. The summed E-state index contributed by atoms with van der Waals surface area (Å²) in [5.41, 5.74) is 0.845. The number of fused-ring (bicyclic) bond motifs is 3. The minimum atomic E-state index is -0.420. The summed E-state index contributed by atoms with van der Waals surface area (Å²) < 4.78 is 0. The third-order valence-electron chi connectivity index (χ3n) is 7.99. The smallest absolute Gasteiger partial charge is 0.142 e. The van der Waals surface area contributed by atoms with Crippen LogP contribution in [-0.4, -0.2) is 35.0 Å². The molecule has 0 aromatic rings. The van der Waals surface area contributed by atoms with Crippen LogP contribution in [0.2, 0.25) is 0 Å². The molecule has 0 aromatic heterocycles. The molecule has 0 bridgehead atoms. The van der Waals surface area contributed by atoms with Gasteiger partial charge in [0.25, 0.3) is 0 Å². The first kappa shape index (κ1) is 33.5. The summed E-state index contributed by atoms with van der Waals surface area (Å²) in [4.78, 5) is 20.0. The zero-order valence-electron chi connectivity index (χ0n) is 21.3. The standard InChI is InChI=1S/C22H34O3.C2H4O.C2H6.C2H2.CH4/c1-5-6-10-21(3)15(9-11-23)7-8-16-17-12-14(2)20(25)22(17,4)13-18(24)19(16)21;1-2-3;2*1-2;/h5-6,9,11,14,16-20,24-25H,7-8,10,12-13H2,1-4H3;2H,1H3;1-2H3;1-2H;1H4/b6-5?,15-9-;;;;/t14?,16?,17?,18?,19?,20-,21?,22?;;;;/m1..../s1. The second-order valence-electron chi connectivity index (χ2n) is 9.52. The summed E-state index contributed by atoms with van der Waals surface area (Å²) >= 11 is 0. The molecule has 0 spiro atoms. The molecule has 0 aliphatic heterocycles. The predicted octanol–water partition coefficient (Wildman–Crippen LogP) is 6.02. The highest BCUT2D eigenvalue weighted by molar-refractivity contribution is 5.66. The minimum Gasteiger partial charge on any atom is -0.393 e. The van der Waals surface area contributed by atoms with E-state index in [2.05, 4.69) is 45.8 Å². The van der Waals surface area contributed by atoms with E-state index in [1.807, 2.05) is 20.8 Å². The molecule has 8 atom stereocenters. The Labute approximate surface area is 203 Å². The number of hydrogen-bond donors (Lipinski definition) is 2. The summed E-state index contributed by atoms with van der Waals surface area (Å²) in [6.45, 7) is 14.0. The minimum absolute atomic E-state index is 0. The van der Waals surface area contributed by atoms with Crippen molar-refractivity contribution in [2.24, 2.45) is 34.5 Å². The van der Waals surface area contributed by atoms with E-state index in [4.69, 9.17) is 4.79 Å². The molecule has 0 radical (unpaired) electrons. The van der Waals surface area contributed by atoms with Crippen molar-refractivity contribution in [3.8, 4) is 12.8 Å². The average Bonchev–Trinajstić information content (AvgIpc) is 3.01. The molecule has 0 saturated heterocycles. The number of hydrogen-bond acceptors (Lipinski definition) is 4. The van der Waals surface area contributed by atoms with Crippen LogP contribution in [0, 0.1) is 47.3 Å². The summed E-state index contributed by atoms with van der Waals surface area (Å²) in [6, 6.07) is 0. The van der Waals surface area contributed by atoms with Crippen molar-refractivity contribution in [2.45, 2.75) is 100 Å². The monoisotopic (exact) mass is 462 g/mol. The van der Waals surface area contributed by atoms with Crippen molar-refractivity contribution >= 4 is 12.6 Å². The molecule has 3 aliphatic carbocycles. The van der Waals surface area contributed by atoms with Gasteiger partial charge in [0.15, 0.2) is 0 Å². The van der Waals surface area contributed by atoms with Gasteiger partial charge in [0.05, 0.1) is 12.2 Å². The molecule has 2 N–H and O–H groups in total. The third-order valence-corrected chi connectivity index (χ3v) is 7.99. The summed E-state index contributed by atoms with van der Waals surface area (Å²) in [6.07, 6.45) is 19.4. The number of carbonyl (C=O) groups excluding carboxylic acids is 2. The van der Waals surface area contributed by atoms with Crippen molar-refractivity contribution in [1.29, 1.82) is 0 Å². The fourth-order valence-electron chi connectivity index (χ4n) is 6.80. The van der Waals surface area contributed by atoms with E-state index in [1.54, 1.807) is 6.08 Å². The lowest BCUT2D eigenvalue weighted by Gasteiger charge is -2.58. The number of terminal acetylenes is 1. The molecule has 190 valence electrons. The Morgan fingerprint density at radius 3 is 2.15 bits per heavy atom. The number of aliphatic hydroxyl groups is 2. The van der Waals surface area contributed by atoms with Gasteiger partial charge in [-0.1, -0.05) is 59.8 Å². The zero-order valence-corrected chi connectivity index (χ0v) is 21.3. The maximum absolute atomic E-state index is 11.2. The van der Waals surface area contributed by atoms with E-state index >= 15 is 0 Å². The normalized spacial score (nSPS) is 39.7. The molecule has 3 aliphatic rings. The van der Waals surface area contributed by atoms with Gasteiger partial charge in [0.2, 0.25) is 0 Å². The fraction of sp³-hybridized carbons (Fsp3) is 0.724. The van der Waals surface area contributed by atoms with E-state index in [0.29, 0.717) is 24.2 Å². The Kier molecular flexibility index (Phi) is 15.5. The first-order chi connectivity index (χ1) is 15.2. The zero-order chi connectivity index (χ0) is 25.1. The molecular weight excluding hydrogens is 412 g/mol. The van der Waals surface area contributed by atoms with Gasteiger partial charge in [-0.05, 0) is 86.5 Å². The number of aliphatic hydroxyl groups excluding tert-OH is 2. The first-order valence-corrected chi connectivity index (χ1v) is 12.1. The van der Waals surface area contributed by atoms with Crippen LogP contribution in [0.4, 0.5) is 0 Å². The summed E-state index contributed by atoms with van der Waals surface area (Å²) in [5, 5.41) is 22.0. The summed E-state index contributed by atoms with van der Waals surface area (Å²) in [7, 11) is 0. The maximum Gasteiger partial charge on any atom is 0.142 e. The lowest BCUT2D eigenvalue weighted by atomic mass is 9.47. The lowest BCUT2D eigenvalue weighted by Crippen LogP contribution is -2.56. The van der Waals surface area contributed by atoms with Crippen molar-refractivity contribution in [3.63, 3.8) is 0 Å². The Bertz CT molecular complexity index is 664. The molecule has 4 heteroatoms. The number of aldehydes is 2. The molecular formula is C29H50O4. The molecule has 3 saturated carbocycles. The van der Waals surface area contributed by atoms with Crippen LogP contribution in [0.3, 0.4) is 0 Å². The highest BCUT2D eigenvalue weighted by Gasteiger charge is 2.62. The second kappa shape index (κ2) is 15.3. The molecule has 3 fully saturated rings. The van der Waals surface area contributed by atoms with Gasteiger partial charge in [-0.15, -0.1) is 12.8 Å². The molecule has 0 amide bonds. The van der Waals surface area contributed by atoms with Gasteiger partial charge < -0.3 is 15.0 Å². The van der Waals surface area contributed by atoms with Gasteiger partial charge in [0.1, 0.15) is 12.6 Å². The molecule has 3 rings (SSSR count). The van der Waals surface area contributed by atoms with E-state index in [9.17, 15) is 15.0 Å². The van der Waals surface area contributed by atoms with E-state index in [0.717, 1.165) is 38.3 Å². The average molecular weight is 463 g/mol. The molecule has 33 heavy (non-hydrogen) atoms. The van der Waals surface area contributed by atoms with Crippen LogP contribution in [0.5, 0.6) is 0 Å². The van der Waals surface area contributed by atoms with Gasteiger partial charge in [-0.2, -0.15) is 0 Å². The van der Waals surface area contributed by atoms with E-state index in [-0.39, 0.29) is 30.3 Å². The van der Waals surface area contributed by atoms with Gasteiger partial charge >= 0.3 is 0 Å². The van der Waals surface area contributed by atoms with Gasteiger partial charge in [-0.25, -0.2) is 0 Å². The Morgan fingerprint density at radius 2 is 1.67 bits per heavy atom. The van der Waals surface area contributed by atoms with Gasteiger partial charge in [-0.3, -0.25) is 4.79 Å². The fourth-order valence-corrected chi connectivity index (χ4v) is 6.80. The highest BCUT2D eigenvalue weighted by atomic mass is 16.3. The molecule has 0 heterocycles. The van der Waals surface area contributed by atoms with Gasteiger partial charge in [0, 0.05) is 0 Å². The largest absolute Gasteiger partial charge is 0.393 e. The summed E-state index contributed by atoms with van der Waals surface area (Å²) in [5.74, 6) is 1.36. The molecule has 4 nitrogen and oxygen atoms in total. The topological polar surface area (TPSA) is 74.6 Å². The third kappa shape index (κ3) is 6.67. The van der Waals surface area contributed by atoms with E-state index in [1.165, 1.54) is 12.5 Å². The van der Waals surface area contributed by atoms with Crippen LogP contribution >= 0.6 is 0 Å². The van der Waals surface area contributed by atoms with Crippen LogP contribution in [0.1, 0.15) is 88.0 Å². The van der Waals surface area contributed by atoms with Crippen molar-refractivity contribution in [3.05, 3.63) is 23.8 Å². The number of carbonyl (C=O) groups is 2. The first-order valence-electron chi connectivity index (χ1n) is 12.1.